The lowest BCUT2D eigenvalue weighted by molar-refractivity contribution is 0.678. The molecule has 2 nitrogen and oxygen atoms in total. The molecular formula is C14H16N2S. The Labute approximate surface area is 106 Å². The Hall–Kier alpha value is -1.19. The molecule has 0 bridgehead atoms. The highest BCUT2D eigenvalue weighted by Crippen LogP contribution is 2.25. The first-order chi connectivity index (χ1) is 8.31. The van der Waals surface area contributed by atoms with Crippen LogP contribution in [-0.4, -0.2) is 11.0 Å². The smallest absolute Gasteiger partial charge is 0.123 e. The van der Waals surface area contributed by atoms with Crippen molar-refractivity contribution in [1.82, 2.24) is 10.3 Å². The molecule has 0 atom stereocenters. The van der Waals surface area contributed by atoms with Gasteiger partial charge in [-0.2, -0.15) is 0 Å². The lowest BCUT2D eigenvalue weighted by Gasteiger charge is -1.99. The van der Waals surface area contributed by atoms with Crippen molar-refractivity contribution >= 4 is 11.3 Å². The number of benzene rings is 1. The number of aryl methyl sites for hydroxylation is 1. The first-order valence-electron chi connectivity index (χ1n) is 6.06. The molecule has 1 aliphatic carbocycles. The Morgan fingerprint density at radius 3 is 3.06 bits per heavy atom. The molecule has 0 radical (unpaired) electrons. The van der Waals surface area contributed by atoms with E-state index in [-0.39, 0.29) is 0 Å². The highest BCUT2D eigenvalue weighted by Gasteiger charge is 2.20. The maximum Gasteiger partial charge on any atom is 0.123 e. The Morgan fingerprint density at radius 1 is 1.41 bits per heavy atom. The van der Waals surface area contributed by atoms with Gasteiger partial charge in [-0.1, -0.05) is 23.8 Å². The van der Waals surface area contributed by atoms with Gasteiger partial charge in [0.15, 0.2) is 0 Å². The van der Waals surface area contributed by atoms with Crippen LogP contribution in [0.5, 0.6) is 0 Å². The van der Waals surface area contributed by atoms with Crippen LogP contribution >= 0.6 is 11.3 Å². The molecule has 1 saturated carbocycles. The molecular weight excluding hydrogens is 228 g/mol. The molecule has 3 heteroatoms. The van der Waals surface area contributed by atoms with E-state index in [9.17, 15) is 0 Å². The zero-order valence-electron chi connectivity index (χ0n) is 9.94. The summed E-state index contributed by atoms with van der Waals surface area (Å²) in [5, 5.41) is 6.78. The van der Waals surface area contributed by atoms with Crippen LogP contribution in [0.3, 0.4) is 0 Å². The molecule has 2 aromatic rings. The summed E-state index contributed by atoms with van der Waals surface area (Å²) in [5.74, 6) is 0. The average Bonchev–Trinajstić information content (AvgIpc) is 3.04. The van der Waals surface area contributed by atoms with E-state index in [1.165, 1.54) is 29.7 Å². The van der Waals surface area contributed by atoms with E-state index in [1.807, 2.05) is 0 Å². The van der Waals surface area contributed by atoms with Crippen LogP contribution in [0.2, 0.25) is 0 Å². The van der Waals surface area contributed by atoms with Crippen LogP contribution in [0.25, 0.3) is 10.6 Å². The van der Waals surface area contributed by atoms with Gasteiger partial charge in [-0.3, -0.25) is 0 Å². The minimum absolute atomic E-state index is 0.749. The van der Waals surface area contributed by atoms with Gasteiger partial charge in [0.2, 0.25) is 0 Å². The summed E-state index contributed by atoms with van der Waals surface area (Å²) in [5.41, 5.74) is 3.68. The van der Waals surface area contributed by atoms with E-state index in [2.05, 4.69) is 46.9 Å². The molecule has 0 saturated heterocycles. The third-order valence-corrected chi connectivity index (χ3v) is 3.91. The lowest BCUT2D eigenvalue weighted by atomic mass is 10.1. The summed E-state index contributed by atoms with van der Waals surface area (Å²) in [4.78, 5) is 4.68. The van der Waals surface area contributed by atoms with Crippen molar-refractivity contribution in [2.45, 2.75) is 32.4 Å². The molecule has 88 valence electrons. The number of hydrogen-bond donors (Lipinski definition) is 1. The largest absolute Gasteiger partial charge is 0.308 e. The van der Waals surface area contributed by atoms with Crippen molar-refractivity contribution in [3.05, 3.63) is 40.9 Å². The quantitative estimate of drug-likeness (QED) is 0.892. The van der Waals surface area contributed by atoms with Crippen molar-refractivity contribution in [3.63, 3.8) is 0 Å². The Morgan fingerprint density at radius 2 is 2.29 bits per heavy atom. The SMILES string of the molecule is Cc1cccc(-c2nc(CNC3CC3)cs2)c1. The second-order valence-electron chi connectivity index (χ2n) is 4.67. The van der Waals surface area contributed by atoms with E-state index in [4.69, 9.17) is 0 Å². The monoisotopic (exact) mass is 244 g/mol. The molecule has 0 unspecified atom stereocenters. The Bertz CT molecular complexity index is 514. The number of hydrogen-bond acceptors (Lipinski definition) is 3. The van der Waals surface area contributed by atoms with Crippen molar-refractivity contribution in [2.75, 3.05) is 0 Å². The number of nitrogens with one attached hydrogen (secondary N) is 1. The fourth-order valence-corrected chi connectivity index (χ4v) is 2.65. The topological polar surface area (TPSA) is 24.9 Å². The second kappa shape index (κ2) is 4.59. The van der Waals surface area contributed by atoms with Gasteiger partial charge in [0, 0.05) is 23.5 Å². The predicted octanol–water partition coefficient (Wildman–Crippen LogP) is 3.37. The zero-order chi connectivity index (χ0) is 11.7. The second-order valence-corrected chi connectivity index (χ2v) is 5.53. The van der Waals surface area contributed by atoms with E-state index in [1.54, 1.807) is 11.3 Å². The summed E-state index contributed by atoms with van der Waals surface area (Å²) in [6.07, 6.45) is 2.66. The Balaban J connectivity index is 1.74. The van der Waals surface area contributed by atoms with Crippen LogP contribution in [-0.2, 0) is 6.54 Å². The number of nitrogens with zero attached hydrogens (tertiary/aromatic N) is 1. The molecule has 0 spiro atoms. The molecule has 1 heterocycles. The van der Waals surface area contributed by atoms with Gasteiger partial charge in [0.1, 0.15) is 5.01 Å². The molecule has 1 fully saturated rings. The van der Waals surface area contributed by atoms with Gasteiger partial charge in [-0.05, 0) is 25.8 Å². The maximum atomic E-state index is 4.68. The summed E-state index contributed by atoms with van der Waals surface area (Å²) in [6.45, 7) is 3.03. The number of aromatic nitrogens is 1. The van der Waals surface area contributed by atoms with Crippen LogP contribution < -0.4 is 5.32 Å². The lowest BCUT2D eigenvalue weighted by Crippen LogP contribution is -2.15. The van der Waals surface area contributed by atoms with Crippen LogP contribution in [0, 0.1) is 6.92 Å². The molecule has 1 aromatic heterocycles. The summed E-state index contributed by atoms with van der Waals surface area (Å²) in [6, 6.07) is 9.28. The van der Waals surface area contributed by atoms with Gasteiger partial charge in [0.25, 0.3) is 0 Å². The highest BCUT2D eigenvalue weighted by molar-refractivity contribution is 7.13. The third kappa shape index (κ3) is 2.73. The van der Waals surface area contributed by atoms with Crippen molar-refractivity contribution in [3.8, 4) is 10.6 Å². The van der Waals surface area contributed by atoms with E-state index < -0.39 is 0 Å². The molecule has 1 aliphatic rings. The van der Waals surface area contributed by atoms with Crippen LogP contribution in [0.4, 0.5) is 0 Å². The van der Waals surface area contributed by atoms with Crippen molar-refractivity contribution < 1.29 is 0 Å². The van der Waals surface area contributed by atoms with Gasteiger partial charge >= 0.3 is 0 Å². The normalized spacial score (nSPS) is 15.1. The van der Waals surface area contributed by atoms with Gasteiger partial charge in [-0.15, -0.1) is 11.3 Å². The van der Waals surface area contributed by atoms with Gasteiger partial charge < -0.3 is 5.32 Å². The summed E-state index contributed by atoms with van der Waals surface area (Å²) >= 11 is 1.73. The van der Waals surface area contributed by atoms with Crippen molar-refractivity contribution in [2.24, 2.45) is 0 Å². The standard InChI is InChI=1S/C14H16N2S/c1-10-3-2-4-11(7-10)14-16-13(9-17-14)8-15-12-5-6-12/h2-4,7,9,12,15H,5-6,8H2,1H3. The molecule has 1 N–H and O–H groups in total. The summed E-state index contributed by atoms with van der Waals surface area (Å²) < 4.78 is 0. The average molecular weight is 244 g/mol. The molecule has 0 aliphatic heterocycles. The summed E-state index contributed by atoms with van der Waals surface area (Å²) in [7, 11) is 0. The fourth-order valence-electron chi connectivity index (χ4n) is 1.84. The van der Waals surface area contributed by atoms with Gasteiger partial charge in [-0.25, -0.2) is 4.98 Å². The van der Waals surface area contributed by atoms with E-state index in [0.717, 1.165) is 17.6 Å². The first-order valence-corrected chi connectivity index (χ1v) is 6.94. The molecule has 17 heavy (non-hydrogen) atoms. The molecule has 0 amide bonds. The fraction of sp³-hybridized carbons (Fsp3) is 0.357. The third-order valence-electron chi connectivity index (χ3n) is 2.97. The minimum atomic E-state index is 0.749. The number of rotatable bonds is 4. The van der Waals surface area contributed by atoms with Gasteiger partial charge in [0.05, 0.1) is 5.69 Å². The zero-order valence-corrected chi connectivity index (χ0v) is 10.8. The predicted molar refractivity (Wildman–Crippen MR) is 72.1 cm³/mol. The minimum Gasteiger partial charge on any atom is -0.308 e. The maximum absolute atomic E-state index is 4.68. The van der Waals surface area contributed by atoms with E-state index >= 15 is 0 Å². The van der Waals surface area contributed by atoms with Crippen LogP contribution in [0.1, 0.15) is 24.1 Å². The molecule has 3 rings (SSSR count). The van der Waals surface area contributed by atoms with E-state index in [0.29, 0.717) is 0 Å². The molecule has 1 aromatic carbocycles. The van der Waals surface area contributed by atoms with Crippen LogP contribution in [0.15, 0.2) is 29.6 Å². The Kier molecular flexibility index (Phi) is 2.95. The highest BCUT2D eigenvalue weighted by atomic mass is 32.1. The first kappa shape index (κ1) is 10.9. The van der Waals surface area contributed by atoms with Crippen molar-refractivity contribution in [1.29, 1.82) is 0 Å². The number of thiazole rings is 1.